The van der Waals surface area contributed by atoms with E-state index < -0.39 is 37.0 Å². The molecule has 0 aromatic carbocycles. The molecule has 102 valence electrons. The lowest BCUT2D eigenvalue weighted by Crippen LogP contribution is -2.47. The van der Waals surface area contributed by atoms with Crippen LogP contribution in [0.1, 0.15) is 6.92 Å². The monoisotopic (exact) mass is 259 g/mol. The normalized spacial score (nSPS) is 41.9. The van der Waals surface area contributed by atoms with E-state index in [1.807, 2.05) is 0 Å². The Labute approximate surface area is 104 Å². The highest BCUT2D eigenvalue weighted by atomic mass is 16.6. The number of rotatable bonds is 2. The van der Waals surface area contributed by atoms with Crippen molar-refractivity contribution in [3.8, 4) is 0 Å². The first-order chi connectivity index (χ1) is 8.41. The predicted octanol–water partition coefficient (Wildman–Crippen LogP) is -2.72. The third-order valence-corrected chi connectivity index (χ3v) is 2.99. The molecule has 1 saturated heterocycles. The number of hydrogen-bond acceptors (Lipinski definition) is 8. The standard InChI is InChI=1S/C10H17N3O5/c1-4(14)8-6(15)7(16)9(18-8)13-3-2-5(11)12-10(13)17/h2-4,6-10,14-17H,1H3,(H2,11,12)/t4-,6-,7-,8+,9+,10?/m0/s1. The van der Waals surface area contributed by atoms with Crippen LogP contribution in [-0.2, 0) is 4.74 Å². The van der Waals surface area contributed by atoms with Gasteiger partial charge in [-0.2, -0.15) is 0 Å². The van der Waals surface area contributed by atoms with E-state index in [4.69, 9.17) is 10.5 Å². The van der Waals surface area contributed by atoms with Crippen LogP contribution in [0.2, 0.25) is 0 Å². The molecule has 2 rings (SSSR count). The number of aliphatic imine (C=N–C) groups is 1. The van der Waals surface area contributed by atoms with Gasteiger partial charge in [-0.15, -0.1) is 0 Å². The second kappa shape index (κ2) is 4.82. The van der Waals surface area contributed by atoms with Crippen molar-refractivity contribution >= 4 is 5.84 Å². The van der Waals surface area contributed by atoms with Gasteiger partial charge in [-0.3, -0.25) is 0 Å². The van der Waals surface area contributed by atoms with Crippen LogP contribution in [0, 0.1) is 0 Å². The van der Waals surface area contributed by atoms with Crippen molar-refractivity contribution in [2.24, 2.45) is 10.7 Å². The average Bonchev–Trinajstić information content (AvgIpc) is 2.57. The molecule has 8 nitrogen and oxygen atoms in total. The Morgan fingerprint density at radius 1 is 1.39 bits per heavy atom. The molecule has 0 bridgehead atoms. The zero-order valence-corrected chi connectivity index (χ0v) is 9.79. The molecule has 6 atom stereocenters. The zero-order chi connectivity index (χ0) is 13.4. The molecule has 0 radical (unpaired) electrons. The first kappa shape index (κ1) is 13.2. The third-order valence-electron chi connectivity index (χ3n) is 2.99. The van der Waals surface area contributed by atoms with Crippen LogP contribution in [0.5, 0.6) is 0 Å². The molecule has 8 heteroatoms. The van der Waals surface area contributed by atoms with E-state index in [1.54, 1.807) is 0 Å². The van der Waals surface area contributed by atoms with Gasteiger partial charge < -0.3 is 35.8 Å². The summed E-state index contributed by atoms with van der Waals surface area (Å²) in [6.07, 6.45) is -3.81. The Balaban J connectivity index is 2.13. The van der Waals surface area contributed by atoms with Crippen LogP contribution in [0.25, 0.3) is 0 Å². The molecule has 2 heterocycles. The number of ether oxygens (including phenoxy) is 1. The summed E-state index contributed by atoms with van der Waals surface area (Å²) in [5, 5.41) is 38.7. The van der Waals surface area contributed by atoms with E-state index in [-0.39, 0.29) is 5.84 Å². The maximum Gasteiger partial charge on any atom is 0.229 e. The Hall–Kier alpha value is -1.19. The predicted molar refractivity (Wildman–Crippen MR) is 61.0 cm³/mol. The summed E-state index contributed by atoms with van der Waals surface area (Å²) in [5.41, 5.74) is 5.41. The van der Waals surface area contributed by atoms with E-state index in [2.05, 4.69) is 4.99 Å². The second-order valence-corrected chi connectivity index (χ2v) is 4.38. The summed E-state index contributed by atoms with van der Waals surface area (Å²) in [5.74, 6) is 0.152. The van der Waals surface area contributed by atoms with Gasteiger partial charge in [0.2, 0.25) is 6.35 Å². The van der Waals surface area contributed by atoms with E-state index in [0.717, 1.165) is 0 Å². The molecule has 1 fully saturated rings. The molecule has 2 aliphatic heterocycles. The van der Waals surface area contributed by atoms with Crippen LogP contribution in [0.15, 0.2) is 17.3 Å². The molecule has 18 heavy (non-hydrogen) atoms. The fourth-order valence-corrected chi connectivity index (χ4v) is 2.03. The fourth-order valence-electron chi connectivity index (χ4n) is 2.03. The van der Waals surface area contributed by atoms with Crippen LogP contribution >= 0.6 is 0 Å². The quantitative estimate of drug-likeness (QED) is 0.364. The zero-order valence-electron chi connectivity index (χ0n) is 9.79. The Morgan fingerprint density at radius 3 is 2.56 bits per heavy atom. The lowest BCUT2D eigenvalue weighted by Gasteiger charge is -2.33. The maximum atomic E-state index is 9.86. The maximum absolute atomic E-state index is 9.86. The van der Waals surface area contributed by atoms with E-state index in [1.165, 1.54) is 24.1 Å². The lowest BCUT2D eigenvalue weighted by atomic mass is 10.1. The number of aliphatic hydroxyl groups excluding tert-OH is 4. The first-order valence-corrected chi connectivity index (χ1v) is 5.58. The summed E-state index contributed by atoms with van der Waals surface area (Å²) < 4.78 is 5.35. The number of amidine groups is 1. The number of hydrogen-bond donors (Lipinski definition) is 5. The average molecular weight is 259 g/mol. The smallest absolute Gasteiger partial charge is 0.229 e. The van der Waals surface area contributed by atoms with Crippen molar-refractivity contribution in [3.05, 3.63) is 12.3 Å². The van der Waals surface area contributed by atoms with Crippen LogP contribution < -0.4 is 5.73 Å². The van der Waals surface area contributed by atoms with Crippen molar-refractivity contribution < 1.29 is 25.2 Å². The SMILES string of the molecule is C[C@H](O)[C@H]1O[C@@H](N2C=CC(N)=NC2O)[C@@H](O)[C@@H]1O. The Kier molecular flexibility index (Phi) is 3.55. The first-order valence-electron chi connectivity index (χ1n) is 5.58. The summed E-state index contributed by atoms with van der Waals surface area (Å²) in [6.45, 7) is 1.45. The van der Waals surface area contributed by atoms with Gasteiger partial charge in [-0.1, -0.05) is 0 Å². The lowest BCUT2D eigenvalue weighted by molar-refractivity contribution is -0.138. The molecule has 0 amide bonds. The molecule has 0 aromatic rings. The highest BCUT2D eigenvalue weighted by Crippen LogP contribution is 2.28. The summed E-state index contributed by atoms with van der Waals surface area (Å²) in [7, 11) is 0. The summed E-state index contributed by atoms with van der Waals surface area (Å²) >= 11 is 0. The minimum Gasteiger partial charge on any atom is -0.391 e. The third kappa shape index (κ3) is 2.20. The van der Waals surface area contributed by atoms with Gasteiger partial charge in [0.25, 0.3) is 0 Å². The molecule has 6 N–H and O–H groups in total. The van der Waals surface area contributed by atoms with Crippen molar-refractivity contribution in [3.63, 3.8) is 0 Å². The van der Waals surface area contributed by atoms with E-state index in [9.17, 15) is 20.4 Å². The van der Waals surface area contributed by atoms with Crippen molar-refractivity contribution in [2.45, 2.75) is 43.9 Å². The highest BCUT2D eigenvalue weighted by molar-refractivity contribution is 5.91. The molecular weight excluding hydrogens is 242 g/mol. The summed E-state index contributed by atoms with van der Waals surface area (Å²) in [4.78, 5) is 4.91. The topological polar surface area (TPSA) is 132 Å². The van der Waals surface area contributed by atoms with Crippen LogP contribution in [-0.4, -0.2) is 68.2 Å². The Morgan fingerprint density at radius 2 is 2.06 bits per heavy atom. The highest BCUT2D eigenvalue weighted by Gasteiger charge is 2.48. The van der Waals surface area contributed by atoms with Gasteiger partial charge in [-0.25, -0.2) is 4.99 Å². The molecule has 0 aromatic heterocycles. The van der Waals surface area contributed by atoms with Crippen LogP contribution in [0.3, 0.4) is 0 Å². The molecule has 0 spiro atoms. The van der Waals surface area contributed by atoms with Gasteiger partial charge >= 0.3 is 0 Å². The summed E-state index contributed by atoms with van der Waals surface area (Å²) in [6, 6.07) is 0. The molecular formula is C10H17N3O5. The van der Waals surface area contributed by atoms with Crippen molar-refractivity contribution in [1.29, 1.82) is 0 Å². The molecule has 0 aliphatic carbocycles. The van der Waals surface area contributed by atoms with Crippen molar-refractivity contribution in [2.75, 3.05) is 0 Å². The fraction of sp³-hybridized carbons (Fsp3) is 0.700. The minimum absolute atomic E-state index is 0.152. The molecule has 1 unspecified atom stereocenters. The van der Waals surface area contributed by atoms with Gasteiger partial charge in [0.05, 0.1) is 6.10 Å². The molecule has 2 aliphatic rings. The van der Waals surface area contributed by atoms with Gasteiger partial charge in [0, 0.05) is 6.20 Å². The number of aliphatic hydroxyl groups is 4. The van der Waals surface area contributed by atoms with E-state index in [0.29, 0.717) is 0 Å². The van der Waals surface area contributed by atoms with Gasteiger partial charge in [-0.05, 0) is 13.0 Å². The number of nitrogens with zero attached hydrogens (tertiary/aromatic N) is 2. The largest absolute Gasteiger partial charge is 0.391 e. The van der Waals surface area contributed by atoms with Crippen molar-refractivity contribution in [1.82, 2.24) is 4.90 Å². The van der Waals surface area contributed by atoms with E-state index >= 15 is 0 Å². The molecule has 0 saturated carbocycles. The Bertz CT molecular complexity index is 373. The van der Waals surface area contributed by atoms with Gasteiger partial charge in [0.1, 0.15) is 24.1 Å². The minimum atomic E-state index is -1.30. The van der Waals surface area contributed by atoms with Crippen LogP contribution in [0.4, 0.5) is 0 Å². The van der Waals surface area contributed by atoms with Gasteiger partial charge in [0.15, 0.2) is 6.23 Å². The second-order valence-electron chi connectivity index (χ2n) is 4.38. The number of nitrogens with two attached hydrogens (primary N) is 1.